The van der Waals surface area contributed by atoms with Crippen LogP contribution in [-0.4, -0.2) is 130 Å². The van der Waals surface area contributed by atoms with Gasteiger partial charge in [0.15, 0.2) is 23.2 Å². The van der Waals surface area contributed by atoms with E-state index in [4.69, 9.17) is 23.4 Å². The second-order valence-electron chi connectivity index (χ2n) is 10.3. The molecule has 2 aliphatic rings. The fourth-order valence-electron chi connectivity index (χ4n) is 4.87. The first-order valence-electron chi connectivity index (χ1n) is 13.2. The molecule has 3 heterocycles. The molecule has 11 N–H and O–H groups in total. The van der Waals surface area contributed by atoms with E-state index in [0.29, 0.717) is 6.07 Å². The third-order valence-corrected chi connectivity index (χ3v) is 7.30. The largest absolute Gasteiger partial charge is 0.508 e. The van der Waals surface area contributed by atoms with Crippen LogP contribution in [0.3, 0.4) is 0 Å². The van der Waals surface area contributed by atoms with E-state index < -0.39 is 119 Å². The number of carbonyl (C=O) groups is 1. The summed E-state index contributed by atoms with van der Waals surface area (Å²) in [5.41, 5.74) is -1.96. The van der Waals surface area contributed by atoms with Gasteiger partial charge in [0.1, 0.15) is 59.6 Å². The minimum atomic E-state index is -2.11. The number of aliphatic hydroxyl groups excluding tert-OH is 7. The Morgan fingerprint density at radius 3 is 1.93 bits per heavy atom. The van der Waals surface area contributed by atoms with Crippen LogP contribution in [0.1, 0.15) is 0 Å². The smallest absolute Gasteiger partial charge is 0.335 e. The Labute approximate surface area is 250 Å². The molecule has 18 nitrogen and oxygen atoms in total. The number of hydrogen-bond donors (Lipinski definition) is 11. The first-order valence-corrected chi connectivity index (χ1v) is 13.2. The van der Waals surface area contributed by atoms with E-state index in [2.05, 4.69) is 0 Å². The van der Waals surface area contributed by atoms with Gasteiger partial charge in [0.25, 0.3) is 0 Å². The molecule has 2 fully saturated rings. The Balaban J connectivity index is 1.67. The van der Waals surface area contributed by atoms with Crippen molar-refractivity contribution in [3.63, 3.8) is 0 Å². The number of phenols is 3. The molecule has 0 spiro atoms. The maximum atomic E-state index is 13.9. The van der Waals surface area contributed by atoms with Crippen LogP contribution < -0.4 is 14.9 Å². The van der Waals surface area contributed by atoms with Crippen molar-refractivity contribution in [1.82, 2.24) is 0 Å². The quantitative estimate of drug-likeness (QED) is 0.123. The number of carboxylic acids is 1. The summed E-state index contributed by atoms with van der Waals surface area (Å²) >= 11 is 0. The lowest BCUT2D eigenvalue weighted by Crippen LogP contribution is -2.61. The molecular weight excluding hydrogens is 612 g/mol. The Kier molecular flexibility index (Phi) is 8.77. The van der Waals surface area contributed by atoms with Crippen LogP contribution >= 0.6 is 0 Å². The summed E-state index contributed by atoms with van der Waals surface area (Å²) < 4.78 is 27.3. The molecule has 2 saturated heterocycles. The van der Waals surface area contributed by atoms with Gasteiger partial charge in [0.2, 0.25) is 29.5 Å². The third kappa shape index (κ3) is 5.70. The van der Waals surface area contributed by atoms with E-state index >= 15 is 0 Å². The number of ether oxygens (including phenoxy) is 4. The van der Waals surface area contributed by atoms with Gasteiger partial charge in [-0.25, -0.2) is 4.79 Å². The predicted octanol–water partition coefficient (Wildman–Crippen LogP) is -2.97. The van der Waals surface area contributed by atoms with Crippen molar-refractivity contribution in [2.45, 2.75) is 61.4 Å². The first kappa shape index (κ1) is 32.2. The lowest BCUT2D eigenvalue weighted by molar-refractivity contribution is -0.277. The average Bonchev–Trinajstić information content (AvgIpc) is 3.00. The predicted molar refractivity (Wildman–Crippen MR) is 142 cm³/mol. The number of hydrogen-bond acceptors (Lipinski definition) is 17. The highest BCUT2D eigenvalue weighted by atomic mass is 16.7. The molecule has 1 aromatic heterocycles. The minimum Gasteiger partial charge on any atom is -0.508 e. The summed E-state index contributed by atoms with van der Waals surface area (Å²) in [5.74, 6) is -5.88. The number of aromatic hydroxyl groups is 3. The van der Waals surface area contributed by atoms with Crippen LogP contribution in [0, 0.1) is 0 Å². The number of aliphatic carboxylic acids is 1. The van der Waals surface area contributed by atoms with Crippen LogP contribution in [0.4, 0.5) is 0 Å². The van der Waals surface area contributed by atoms with E-state index in [-0.39, 0.29) is 11.3 Å². The molecular formula is C27H28O18. The van der Waals surface area contributed by atoms with Crippen LogP contribution in [0.5, 0.6) is 28.7 Å². The Bertz CT molecular complexity index is 1620. The number of aliphatic hydroxyl groups is 7. The van der Waals surface area contributed by atoms with Crippen LogP contribution in [0.2, 0.25) is 0 Å². The van der Waals surface area contributed by atoms with E-state index in [0.717, 1.165) is 0 Å². The van der Waals surface area contributed by atoms with Gasteiger partial charge in [-0.2, -0.15) is 0 Å². The highest BCUT2D eigenvalue weighted by Gasteiger charge is 2.49. The summed E-state index contributed by atoms with van der Waals surface area (Å²) in [6.07, 6.45) is -19.5. The van der Waals surface area contributed by atoms with E-state index in [1.165, 1.54) is 24.3 Å². The van der Waals surface area contributed by atoms with Crippen molar-refractivity contribution < 1.29 is 84.3 Å². The summed E-state index contributed by atoms with van der Waals surface area (Å²) in [6, 6.07) is 5.42. The molecule has 0 radical (unpaired) electrons. The van der Waals surface area contributed by atoms with Crippen molar-refractivity contribution in [1.29, 1.82) is 0 Å². The lowest BCUT2D eigenvalue weighted by Gasteiger charge is -2.39. The highest BCUT2D eigenvalue weighted by Crippen LogP contribution is 2.44. The number of benzene rings is 2. The zero-order chi connectivity index (χ0) is 32.9. The van der Waals surface area contributed by atoms with Crippen LogP contribution in [-0.2, 0) is 14.3 Å². The van der Waals surface area contributed by atoms with Gasteiger partial charge in [-0.1, -0.05) is 0 Å². The normalized spacial score (nSPS) is 31.9. The average molecular weight is 641 g/mol. The summed E-state index contributed by atoms with van der Waals surface area (Å²) in [6.45, 7) is -0.822. The lowest BCUT2D eigenvalue weighted by atomic mass is 9.99. The molecule has 0 amide bonds. The molecule has 244 valence electrons. The van der Waals surface area contributed by atoms with Crippen molar-refractivity contribution in [3.8, 4) is 40.1 Å². The number of phenolic OH excluding ortho intramolecular Hbond substituents is 3. The molecule has 18 heteroatoms. The summed E-state index contributed by atoms with van der Waals surface area (Å²) in [5, 5.41) is 111. The second-order valence-corrected chi connectivity index (χ2v) is 10.3. The first-order chi connectivity index (χ1) is 21.2. The summed E-state index contributed by atoms with van der Waals surface area (Å²) in [4.78, 5) is 25.5. The zero-order valence-corrected chi connectivity index (χ0v) is 22.6. The standard InChI is InChI=1S/C27H28O18/c28-6-11-13(32)15(34)18(37)26(41-11)43-21-10(31)5-9(30)12-14(33)23(20(42-22(12)21)7-1-3-8(29)4-2-7)44-27-19(38)16(35)17(36)24(45-27)25(39)40/h1-5,11,13,15-19,24,26-32,34-38H,6H2,(H,39,40)/t11?,13-,15+,16?,17+,18?,19?,24?,26+,27-/m1/s1. The van der Waals surface area contributed by atoms with Crippen molar-refractivity contribution in [2.75, 3.05) is 6.61 Å². The molecule has 45 heavy (non-hydrogen) atoms. The Hall–Kier alpha value is -4.24. The van der Waals surface area contributed by atoms with E-state index in [9.17, 15) is 65.8 Å². The van der Waals surface area contributed by atoms with Crippen LogP contribution in [0.25, 0.3) is 22.3 Å². The Morgan fingerprint density at radius 1 is 0.756 bits per heavy atom. The third-order valence-electron chi connectivity index (χ3n) is 7.30. The minimum absolute atomic E-state index is 0.0240. The topological polar surface area (TPSA) is 307 Å². The zero-order valence-electron chi connectivity index (χ0n) is 22.6. The van der Waals surface area contributed by atoms with Crippen molar-refractivity contribution in [2.24, 2.45) is 0 Å². The molecule has 2 aromatic carbocycles. The molecule has 3 aromatic rings. The number of rotatable bonds is 7. The van der Waals surface area contributed by atoms with Gasteiger partial charge in [-0.3, -0.25) is 4.79 Å². The fourth-order valence-corrected chi connectivity index (χ4v) is 4.87. The van der Waals surface area contributed by atoms with Gasteiger partial charge in [0.05, 0.1) is 6.61 Å². The second kappa shape index (κ2) is 12.3. The van der Waals surface area contributed by atoms with E-state index in [1.807, 2.05) is 0 Å². The van der Waals surface area contributed by atoms with Crippen molar-refractivity contribution >= 4 is 16.9 Å². The maximum absolute atomic E-state index is 13.9. The van der Waals surface area contributed by atoms with Gasteiger partial charge in [-0.05, 0) is 24.3 Å². The van der Waals surface area contributed by atoms with Gasteiger partial charge in [0, 0.05) is 11.6 Å². The molecule has 5 unspecified atom stereocenters. The van der Waals surface area contributed by atoms with Crippen LogP contribution in [0.15, 0.2) is 39.5 Å². The fraction of sp³-hybridized carbons (Fsp3) is 0.407. The molecule has 0 saturated carbocycles. The van der Waals surface area contributed by atoms with Gasteiger partial charge < -0.3 is 79.5 Å². The summed E-state index contributed by atoms with van der Waals surface area (Å²) in [7, 11) is 0. The maximum Gasteiger partial charge on any atom is 0.335 e. The molecule has 5 rings (SSSR count). The number of carboxylic acid groups (broad SMARTS) is 1. The van der Waals surface area contributed by atoms with Crippen molar-refractivity contribution in [3.05, 3.63) is 40.6 Å². The highest BCUT2D eigenvalue weighted by molar-refractivity contribution is 5.93. The van der Waals surface area contributed by atoms with E-state index in [1.54, 1.807) is 0 Å². The monoisotopic (exact) mass is 640 g/mol. The number of fused-ring (bicyclic) bond motifs is 1. The van der Waals surface area contributed by atoms with Gasteiger partial charge >= 0.3 is 5.97 Å². The molecule has 2 aliphatic heterocycles. The molecule has 0 bridgehead atoms. The SMILES string of the molecule is O=C(O)C1O[C@@H](Oc2c(-c3ccc(O)cc3)oc3c(O[C@@H]4OC(CO)[C@@H](O)[C@H](O)C4O)c(O)cc(O)c3c2=O)C(O)C(O)[C@@H]1O. The molecule has 10 atom stereocenters. The van der Waals surface area contributed by atoms with Gasteiger partial charge in [-0.15, -0.1) is 0 Å². The molecule has 0 aliphatic carbocycles. The Morgan fingerprint density at radius 2 is 1.33 bits per heavy atom.